The van der Waals surface area contributed by atoms with Crippen LogP contribution in [-0.2, 0) is 11.2 Å². The number of hydrogen-bond acceptors (Lipinski definition) is 7. The lowest BCUT2D eigenvalue weighted by Crippen LogP contribution is -2.46. The van der Waals surface area contributed by atoms with E-state index < -0.39 is 0 Å². The van der Waals surface area contributed by atoms with E-state index in [1.165, 1.54) is 28.9 Å². The first-order valence-electron chi connectivity index (χ1n) is 10.8. The monoisotopic (exact) mass is 439 g/mol. The van der Waals surface area contributed by atoms with Crippen LogP contribution in [0.2, 0.25) is 0 Å². The van der Waals surface area contributed by atoms with Crippen molar-refractivity contribution in [2.45, 2.75) is 26.2 Å². The number of anilines is 1. The number of nitrogens with zero attached hydrogens (tertiary/aromatic N) is 5. The van der Waals surface area contributed by atoms with E-state index in [1.54, 1.807) is 0 Å². The topological polar surface area (TPSA) is 90.0 Å². The van der Waals surface area contributed by atoms with Gasteiger partial charge in [0.05, 0.1) is 12.1 Å². The molecule has 1 aliphatic heterocycles. The Labute approximate surface area is 186 Å². The van der Waals surface area contributed by atoms with Crippen molar-refractivity contribution in [1.29, 1.82) is 0 Å². The number of piperazine rings is 1. The quantitative estimate of drug-likeness (QED) is 0.498. The molecule has 3 aromatic rings. The third-order valence-electron chi connectivity index (χ3n) is 5.47. The van der Waals surface area contributed by atoms with E-state index in [0.717, 1.165) is 56.3 Å². The van der Waals surface area contributed by atoms with Crippen LogP contribution >= 0.6 is 11.3 Å². The van der Waals surface area contributed by atoms with E-state index in [1.807, 2.05) is 5.38 Å². The zero-order valence-electron chi connectivity index (χ0n) is 17.9. The highest BCUT2D eigenvalue weighted by Crippen LogP contribution is 2.20. The Balaban J connectivity index is 1.09. The Kier molecular flexibility index (Phi) is 7.26. The first-order chi connectivity index (χ1) is 15.2. The van der Waals surface area contributed by atoms with Gasteiger partial charge in [-0.25, -0.2) is 9.97 Å². The number of benzene rings is 1. The summed E-state index contributed by atoms with van der Waals surface area (Å²) in [6.45, 7) is 8.28. The highest BCUT2D eigenvalue weighted by molar-refractivity contribution is 7.13. The number of aromatic nitrogens is 4. The van der Waals surface area contributed by atoms with Crippen molar-refractivity contribution in [3.8, 4) is 10.8 Å². The lowest BCUT2D eigenvalue weighted by molar-refractivity contribution is -0.120. The van der Waals surface area contributed by atoms with Gasteiger partial charge in [0.15, 0.2) is 10.8 Å². The molecule has 0 unspecified atom stereocenters. The second kappa shape index (κ2) is 10.5. The minimum atomic E-state index is 0.0150. The Hall–Kier alpha value is -2.78. The number of thiazole rings is 1. The summed E-state index contributed by atoms with van der Waals surface area (Å²) in [7, 11) is 0. The van der Waals surface area contributed by atoms with E-state index >= 15 is 0 Å². The molecule has 0 aliphatic carbocycles. The fourth-order valence-corrected chi connectivity index (χ4v) is 4.54. The van der Waals surface area contributed by atoms with Crippen molar-refractivity contribution in [3.63, 3.8) is 0 Å². The summed E-state index contributed by atoms with van der Waals surface area (Å²) in [5.74, 6) is 0.651. The predicted octanol–water partition coefficient (Wildman–Crippen LogP) is 2.50. The second-order valence-corrected chi connectivity index (χ2v) is 8.74. The molecule has 2 aromatic heterocycles. The lowest BCUT2D eigenvalue weighted by Gasteiger charge is -2.36. The van der Waals surface area contributed by atoms with Gasteiger partial charge in [-0.3, -0.25) is 14.8 Å². The maximum absolute atomic E-state index is 12.2. The maximum atomic E-state index is 12.2. The van der Waals surface area contributed by atoms with E-state index in [9.17, 15) is 4.79 Å². The van der Waals surface area contributed by atoms with Crippen molar-refractivity contribution in [3.05, 3.63) is 47.2 Å². The Morgan fingerprint density at radius 2 is 2.10 bits per heavy atom. The standard InChI is InChI=1S/C22H29N7OS/c1-17-5-4-6-19(13-17)29-11-9-28(10-12-29)8-3-2-7-23-20(30)14-18-15-31-22(26-18)21-24-16-25-27-21/h4-6,13,15-16H,2-3,7-12,14H2,1H3,(H,23,30)(H,24,25,27). The maximum Gasteiger partial charge on any atom is 0.226 e. The smallest absolute Gasteiger partial charge is 0.226 e. The van der Waals surface area contributed by atoms with Crippen molar-refractivity contribution in [1.82, 2.24) is 30.4 Å². The average molecular weight is 440 g/mol. The molecule has 0 spiro atoms. The molecule has 4 rings (SSSR count). The number of hydrogen-bond donors (Lipinski definition) is 2. The molecule has 1 aliphatic rings. The minimum Gasteiger partial charge on any atom is -0.369 e. The van der Waals surface area contributed by atoms with Gasteiger partial charge in [0.2, 0.25) is 5.91 Å². The molecule has 0 radical (unpaired) electrons. The summed E-state index contributed by atoms with van der Waals surface area (Å²) in [6.07, 6.45) is 3.83. The second-order valence-electron chi connectivity index (χ2n) is 7.88. The summed E-state index contributed by atoms with van der Waals surface area (Å²) >= 11 is 1.46. The van der Waals surface area contributed by atoms with Gasteiger partial charge in [0.25, 0.3) is 0 Å². The number of aromatic amines is 1. The summed E-state index contributed by atoms with van der Waals surface area (Å²) < 4.78 is 0. The molecular formula is C22H29N7OS. The van der Waals surface area contributed by atoms with Gasteiger partial charge in [0.1, 0.15) is 6.33 Å². The fraction of sp³-hybridized carbons (Fsp3) is 0.455. The fourth-order valence-electron chi connectivity index (χ4n) is 3.78. The van der Waals surface area contributed by atoms with Crippen LogP contribution in [0.15, 0.2) is 36.0 Å². The van der Waals surface area contributed by atoms with Crippen LogP contribution in [0.1, 0.15) is 24.1 Å². The number of rotatable bonds is 9. The lowest BCUT2D eigenvalue weighted by atomic mass is 10.2. The molecular weight excluding hydrogens is 410 g/mol. The van der Waals surface area contributed by atoms with Gasteiger partial charge in [-0.15, -0.1) is 11.3 Å². The number of carbonyl (C=O) groups is 1. The van der Waals surface area contributed by atoms with Crippen molar-refractivity contribution < 1.29 is 4.79 Å². The number of unbranched alkanes of at least 4 members (excludes halogenated alkanes) is 1. The Morgan fingerprint density at radius 3 is 2.87 bits per heavy atom. The number of carbonyl (C=O) groups excluding carboxylic acids is 1. The molecule has 0 atom stereocenters. The first kappa shape index (κ1) is 21.5. The summed E-state index contributed by atoms with van der Waals surface area (Å²) in [6, 6.07) is 8.74. The van der Waals surface area contributed by atoms with E-state index in [0.29, 0.717) is 18.8 Å². The number of nitrogens with one attached hydrogen (secondary N) is 2. The van der Waals surface area contributed by atoms with Crippen LogP contribution < -0.4 is 10.2 Å². The molecule has 3 heterocycles. The molecule has 9 heteroatoms. The molecule has 164 valence electrons. The Morgan fingerprint density at radius 1 is 1.23 bits per heavy atom. The number of aryl methyl sites for hydroxylation is 1. The molecule has 1 amide bonds. The zero-order chi connectivity index (χ0) is 21.5. The molecule has 31 heavy (non-hydrogen) atoms. The van der Waals surface area contributed by atoms with Crippen LogP contribution in [0, 0.1) is 6.92 Å². The summed E-state index contributed by atoms with van der Waals surface area (Å²) in [4.78, 5) is 25.7. The van der Waals surface area contributed by atoms with Crippen molar-refractivity contribution >= 4 is 22.9 Å². The van der Waals surface area contributed by atoms with Crippen LogP contribution in [-0.4, -0.2) is 70.2 Å². The normalized spacial score (nSPS) is 14.7. The van der Waals surface area contributed by atoms with Crippen LogP contribution in [0.3, 0.4) is 0 Å². The van der Waals surface area contributed by atoms with Crippen LogP contribution in [0.5, 0.6) is 0 Å². The van der Waals surface area contributed by atoms with Gasteiger partial charge in [-0.1, -0.05) is 12.1 Å². The summed E-state index contributed by atoms with van der Waals surface area (Å²) in [5, 5.41) is 12.3. The van der Waals surface area contributed by atoms with Gasteiger partial charge >= 0.3 is 0 Å². The molecule has 8 nitrogen and oxygen atoms in total. The van der Waals surface area contributed by atoms with Crippen LogP contribution in [0.4, 0.5) is 5.69 Å². The average Bonchev–Trinajstić information content (AvgIpc) is 3.46. The van der Waals surface area contributed by atoms with Crippen LogP contribution in [0.25, 0.3) is 10.8 Å². The van der Waals surface area contributed by atoms with Crippen molar-refractivity contribution in [2.75, 3.05) is 44.2 Å². The van der Waals surface area contributed by atoms with Crippen molar-refractivity contribution in [2.24, 2.45) is 0 Å². The number of amides is 1. The molecule has 1 aromatic carbocycles. The molecule has 1 saturated heterocycles. The van der Waals surface area contributed by atoms with Gasteiger partial charge in [-0.05, 0) is 44.0 Å². The molecule has 0 bridgehead atoms. The molecule has 2 N–H and O–H groups in total. The van der Waals surface area contributed by atoms with Gasteiger partial charge in [-0.2, -0.15) is 5.10 Å². The third kappa shape index (κ3) is 6.11. The predicted molar refractivity (Wildman–Crippen MR) is 123 cm³/mol. The van der Waals surface area contributed by atoms with E-state index in [-0.39, 0.29) is 5.91 Å². The molecule has 1 fully saturated rings. The minimum absolute atomic E-state index is 0.0150. The highest BCUT2D eigenvalue weighted by atomic mass is 32.1. The number of H-pyrrole nitrogens is 1. The van der Waals surface area contributed by atoms with E-state index in [2.05, 4.69) is 66.5 Å². The van der Waals surface area contributed by atoms with Gasteiger partial charge < -0.3 is 10.2 Å². The van der Waals surface area contributed by atoms with Gasteiger partial charge in [0, 0.05) is 43.8 Å². The largest absolute Gasteiger partial charge is 0.369 e. The molecule has 0 saturated carbocycles. The summed E-state index contributed by atoms with van der Waals surface area (Å²) in [5.41, 5.74) is 3.41. The SMILES string of the molecule is Cc1cccc(N2CCN(CCCCNC(=O)Cc3csc(-c4ncn[nH]4)n3)CC2)c1. The Bertz CT molecular complexity index is 964. The highest BCUT2D eigenvalue weighted by Gasteiger charge is 2.17. The first-order valence-corrected chi connectivity index (χ1v) is 11.7. The third-order valence-corrected chi connectivity index (χ3v) is 6.37. The zero-order valence-corrected chi connectivity index (χ0v) is 18.7. The van der Waals surface area contributed by atoms with E-state index in [4.69, 9.17) is 0 Å².